The molecule has 88 valence electrons. The Balaban J connectivity index is 1.99. The summed E-state index contributed by atoms with van der Waals surface area (Å²) in [7, 11) is 0. The normalized spacial score (nSPS) is 33.6. The van der Waals surface area contributed by atoms with Crippen molar-refractivity contribution >= 4 is 0 Å². The van der Waals surface area contributed by atoms with E-state index >= 15 is 0 Å². The molecule has 0 amide bonds. The summed E-state index contributed by atoms with van der Waals surface area (Å²) >= 11 is 0. The predicted molar refractivity (Wildman–Crippen MR) is 57.1 cm³/mol. The molecule has 3 heteroatoms. The van der Waals surface area contributed by atoms with E-state index in [0.717, 1.165) is 25.7 Å². The van der Waals surface area contributed by atoms with Gasteiger partial charge in [0.1, 0.15) is 0 Å². The van der Waals surface area contributed by atoms with E-state index in [0.29, 0.717) is 13.1 Å². The van der Waals surface area contributed by atoms with E-state index in [9.17, 15) is 8.78 Å². The summed E-state index contributed by atoms with van der Waals surface area (Å²) in [6, 6.07) is 0. The summed E-state index contributed by atoms with van der Waals surface area (Å²) in [4.78, 5) is 0. The molecule has 1 atom stereocenters. The fraction of sp³-hybridized carbons (Fsp3) is 1.00. The highest BCUT2D eigenvalue weighted by Gasteiger charge is 2.45. The molecule has 1 aliphatic heterocycles. The Morgan fingerprint density at radius 3 is 2.27 bits per heavy atom. The zero-order valence-electron chi connectivity index (χ0n) is 9.27. The Hall–Kier alpha value is -0.180. The van der Waals surface area contributed by atoms with E-state index in [4.69, 9.17) is 0 Å². The first-order valence-corrected chi connectivity index (χ1v) is 6.29. The van der Waals surface area contributed by atoms with Gasteiger partial charge in [0.15, 0.2) is 0 Å². The SMILES string of the molecule is FC1(F)CCNCC1C1CCCCCC1. The first-order valence-electron chi connectivity index (χ1n) is 6.29. The largest absolute Gasteiger partial charge is 0.316 e. The van der Waals surface area contributed by atoms with E-state index in [1.165, 1.54) is 12.8 Å². The van der Waals surface area contributed by atoms with Crippen molar-refractivity contribution in [2.24, 2.45) is 11.8 Å². The van der Waals surface area contributed by atoms with E-state index < -0.39 is 11.8 Å². The van der Waals surface area contributed by atoms with Gasteiger partial charge in [-0.3, -0.25) is 0 Å². The molecule has 2 fully saturated rings. The van der Waals surface area contributed by atoms with E-state index in [-0.39, 0.29) is 12.3 Å². The molecule has 2 rings (SSSR count). The lowest BCUT2D eigenvalue weighted by atomic mass is 9.79. The Morgan fingerprint density at radius 2 is 1.67 bits per heavy atom. The lowest BCUT2D eigenvalue weighted by Gasteiger charge is -2.37. The summed E-state index contributed by atoms with van der Waals surface area (Å²) in [6.07, 6.45) is 6.84. The van der Waals surface area contributed by atoms with Crippen molar-refractivity contribution in [3.05, 3.63) is 0 Å². The van der Waals surface area contributed by atoms with Gasteiger partial charge >= 0.3 is 0 Å². The van der Waals surface area contributed by atoms with Crippen molar-refractivity contribution in [1.29, 1.82) is 0 Å². The average Bonchev–Trinajstić information content (AvgIpc) is 2.45. The molecule has 1 heterocycles. The third kappa shape index (κ3) is 2.68. The monoisotopic (exact) mass is 217 g/mol. The fourth-order valence-corrected chi connectivity index (χ4v) is 3.07. The molecule has 1 unspecified atom stereocenters. The summed E-state index contributed by atoms with van der Waals surface area (Å²) in [5.41, 5.74) is 0. The maximum absolute atomic E-state index is 13.7. The van der Waals surface area contributed by atoms with Gasteiger partial charge in [-0.2, -0.15) is 0 Å². The van der Waals surface area contributed by atoms with Gasteiger partial charge in [-0.25, -0.2) is 8.78 Å². The molecule has 0 aromatic rings. The zero-order chi connectivity index (χ0) is 10.7. The van der Waals surface area contributed by atoms with Crippen LogP contribution in [-0.2, 0) is 0 Å². The minimum atomic E-state index is -2.42. The van der Waals surface area contributed by atoms with Crippen molar-refractivity contribution in [3.63, 3.8) is 0 Å². The van der Waals surface area contributed by atoms with E-state index in [1.807, 2.05) is 0 Å². The van der Waals surface area contributed by atoms with Gasteiger partial charge in [0, 0.05) is 25.4 Å². The molecule has 1 N–H and O–H groups in total. The van der Waals surface area contributed by atoms with Crippen LogP contribution >= 0.6 is 0 Å². The van der Waals surface area contributed by atoms with Crippen LogP contribution in [0.3, 0.4) is 0 Å². The van der Waals surface area contributed by atoms with Crippen LogP contribution < -0.4 is 5.32 Å². The molecule has 2 aliphatic rings. The number of nitrogens with one attached hydrogen (secondary N) is 1. The second kappa shape index (κ2) is 4.77. The Bertz CT molecular complexity index is 198. The lowest BCUT2D eigenvalue weighted by Crippen LogP contribution is -2.47. The Kier molecular flexibility index (Phi) is 3.60. The van der Waals surface area contributed by atoms with Crippen molar-refractivity contribution in [1.82, 2.24) is 5.32 Å². The van der Waals surface area contributed by atoms with Gasteiger partial charge in [0.25, 0.3) is 5.92 Å². The van der Waals surface area contributed by atoms with Gasteiger partial charge in [-0.05, 0) is 18.8 Å². The maximum atomic E-state index is 13.7. The highest BCUT2D eigenvalue weighted by atomic mass is 19.3. The highest BCUT2D eigenvalue weighted by Crippen LogP contribution is 2.40. The first kappa shape index (κ1) is 11.3. The highest BCUT2D eigenvalue weighted by molar-refractivity contribution is 4.89. The number of rotatable bonds is 1. The second-order valence-corrected chi connectivity index (χ2v) is 5.07. The molecular formula is C12H21F2N. The van der Waals surface area contributed by atoms with E-state index in [2.05, 4.69) is 5.32 Å². The van der Waals surface area contributed by atoms with Crippen LogP contribution in [0.15, 0.2) is 0 Å². The third-order valence-corrected chi connectivity index (χ3v) is 4.01. The van der Waals surface area contributed by atoms with Crippen LogP contribution in [0.25, 0.3) is 0 Å². The molecule has 1 aliphatic carbocycles. The molecule has 0 aromatic heterocycles. The Morgan fingerprint density at radius 1 is 1.00 bits per heavy atom. The van der Waals surface area contributed by atoms with Crippen LogP contribution in [0, 0.1) is 11.8 Å². The van der Waals surface area contributed by atoms with Crippen LogP contribution in [0.4, 0.5) is 8.78 Å². The van der Waals surface area contributed by atoms with Crippen LogP contribution in [0.2, 0.25) is 0 Å². The molecule has 1 saturated carbocycles. The minimum Gasteiger partial charge on any atom is -0.316 e. The van der Waals surface area contributed by atoms with Crippen molar-refractivity contribution in [2.45, 2.75) is 50.9 Å². The Labute approximate surface area is 90.6 Å². The summed E-state index contributed by atoms with van der Waals surface area (Å²) in [6.45, 7) is 1.01. The number of hydrogen-bond donors (Lipinski definition) is 1. The number of alkyl halides is 2. The lowest BCUT2D eigenvalue weighted by molar-refractivity contribution is -0.101. The molecule has 0 bridgehead atoms. The number of hydrogen-bond acceptors (Lipinski definition) is 1. The number of halogens is 2. The van der Waals surface area contributed by atoms with Gasteiger partial charge in [-0.15, -0.1) is 0 Å². The predicted octanol–water partition coefficient (Wildman–Crippen LogP) is 3.20. The van der Waals surface area contributed by atoms with Crippen LogP contribution in [0.5, 0.6) is 0 Å². The molecule has 0 radical (unpaired) electrons. The van der Waals surface area contributed by atoms with Crippen molar-refractivity contribution in [2.75, 3.05) is 13.1 Å². The summed E-state index contributed by atoms with van der Waals surface area (Å²) in [5.74, 6) is -2.56. The van der Waals surface area contributed by atoms with Crippen LogP contribution in [0.1, 0.15) is 44.9 Å². The van der Waals surface area contributed by atoms with Gasteiger partial charge in [0.05, 0.1) is 0 Å². The first-order chi connectivity index (χ1) is 7.20. The second-order valence-electron chi connectivity index (χ2n) is 5.07. The summed E-state index contributed by atoms with van der Waals surface area (Å²) < 4.78 is 27.5. The molecule has 1 saturated heterocycles. The zero-order valence-corrected chi connectivity index (χ0v) is 9.27. The van der Waals surface area contributed by atoms with Crippen LogP contribution in [-0.4, -0.2) is 19.0 Å². The standard InChI is InChI=1S/C12H21F2N/c13-12(14)7-8-15-9-11(12)10-5-3-1-2-4-6-10/h10-11,15H,1-9H2. The minimum absolute atomic E-state index is 0.0359. The van der Waals surface area contributed by atoms with Gasteiger partial charge < -0.3 is 5.32 Å². The molecule has 0 spiro atoms. The van der Waals surface area contributed by atoms with Gasteiger partial charge in [-0.1, -0.05) is 25.7 Å². The fourth-order valence-electron chi connectivity index (χ4n) is 3.07. The number of piperidine rings is 1. The topological polar surface area (TPSA) is 12.0 Å². The van der Waals surface area contributed by atoms with Crippen molar-refractivity contribution < 1.29 is 8.78 Å². The van der Waals surface area contributed by atoms with E-state index in [1.54, 1.807) is 0 Å². The van der Waals surface area contributed by atoms with Gasteiger partial charge in [0.2, 0.25) is 0 Å². The molecule has 0 aromatic carbocycles. The smallest absolute Gasteiger partial charge is 0.253 e. The molecule has 1 nitrogen and oxygen atoms in total. The third-order valence-electron chi connectivity index (χ3n) is 4.01. The molecule has 15 heavy (non-hydrogen) atoms. The maximum Gasteiger partial charge on any atom is 0.253 e. The average molecular weight is 217 g/mol. The summed E-state index contributed by atoms with van der Waals surface area (Å²) in [5, 5.41) is 3.13. The molecular weight excluding hydrogens is 196 g/mol. The quantitative estimate of drug-likeness (QED) is 0.665. The van der Waals surface area contributed by atoms with Crippen molar-refractivity contribution in [3.8, 4) is 0 Å².